The summed E-state index contributed by atoms with van der Waals surface area (Å²) in [6.45, 7) is 4.05. The average molecular weight is 250 g/mol. The van der Waals surface area contributed by atoms with Crippen LogP contribution in [0.2, 0.25) is 5.02 Å². The molecule has 0 radical (unpaired) electrons. The normalized spacial score (nSPS) is 10.8. The summed E-state index contributed by atoms with van der Waals surface area (Å²) < 4.78 is 1.93. The molecule has 4 heteroatoms. The summed E-state index contributed by atoms with van der Waals surface area (Å²) in [6, 6.07) is 5.95. The van der Waals surface area contributed by atoms with Gasteiger partial charge in [0.2, 0.25) is 0 Å². The first kappa shape index (κ1) is 12.0. The Kier molecular flexibility index (Phi) is 3.11. The van der Waals surface area contributed by atoms with Crippen molar-refractivity contribution in [2.75, 3.05) is 5.73 Å². The highest BCUT2D eigenvalue weighted by Crippen LogP contribution is 2.20. The van der Waals surface area contributed by atoms with E-state index >= 15 is 0 Å². The predicted octanol–water partition coefficient (Wildman–Crippen LogP) is 2.86. The van der Waals surface area contributed by atoms with Crippen LogP contribution in [-0.2, 0) is 13.5 Å². The van der Waals surface area contributed by atoms with Gasteiger partial charge in [-0.15, -0.1) is 0 Å². The molecule has 0 aliphatic carbocycles. The summed E-state index contributed by atoms with van der Waals surface area (Å²) in [4.78, 5) is 4.27. The van der Waals surface area contributed by atoms with Gasteiger partial charge >= 0.3 is 0 Å². The van der Waals surface area contributed by atoms with E-state index in [1.165, 1.54) is 11.1 Å². The van der Waals surface area contributed by atoms with E-state index in [0.29, 0.717) is 5.95 Å². The Balaban J connectivity index is 2.38. The number of hydrogen-bond acceptors (Lipinski definition) is 2. The molecule has 90 valence electrons. The zero-order valence-corrected chi connectivity index (χ0v) is 11.0. The SMILES string of the molecule is Cc1cc(Cl)ccc1Cc1c(C)nc(N)n1C. The number of nitrogens with zero attached hydrogens (tertiary/aromatic N) is 2. The van der Waals surface area contributed by atoms with Crippen LogP contribution in [0.25, 0.3) is 0 Å². The fourth-order valence-corrected chi connectivity index (χ4v) is 2.20. The fraction of sp³-hybridized carbons (Fsp3) is 0.308. The smallest absolute Gasteiger partial charge is 0.200 e. The maximum absolute atomic E-state index is 5.95. The molecule has 0 spiro atoms. The molecule has 0 fully saturated rings. The van der Waals surface area contributed by atoms with E-state index in [9.17, 15) is 0 Å². The summed E-state index contributed by atoms with van der Waals surface area (Å²) in [5, 5.41) is 0.771. The van der Waals surface area contributed by atoms with Crippen LogP contribution in [0, 0.1) is 13.8 Å². The molecule has 0 atom stereocenters. The number of benzene rings is 1. The van der Waals surface area contributed by atoms with Gasteiger partial charge in [0, 0.05) is 24.2 Å². The van der Waals surface area contributed by atoms with Gasteiger partial charge in [0.05, 0.1) is 5.69 Å². The van der Waals surface area contributed by atoms with E-state index in [1.807, 2.05) is 30.7 Å². The van der Waals surface area contributed by atoms with Gasteiger partial charge < -0.3 is 10.3 Å². The number of hydrogen-bond donors (Lipinski definition) is 1. The first-order chi connectivity index (χ1) is 7.99. The Bertz CT molecular complexity index is 558. The van der Waals surface area contributed by atoms with Crippen molar-refractivity contribution >= 4 is 17.5 Å². The van der Waals surface area contributed by atoms with Crippen LogP contribution in [-0.4, -0.2) is 9.55 Å². The molecular formula is C13H16ClN3. The maximum Gasteiger partial charge on any atom is 0.200 e. The van der Waals surface area contributed by atoms with Crippen molar-refractivity contribution in [3.63, 3.8) is 0 Å². The third-order valence-corrected chi connectivity index (χ3v) is 3.35. The summed E-state index contributed by atoms with van der Waals surface area (Å²) in [7, 11) is 1.94. The van der Waals surface area contributed by atoms with Crippen LogP contribution in [0.15, 0.2) is 18.2 Å². The minimum atomic E-state index is 0.559. The largest absolute Gasteiger partial charge is 0.369 e. The van der Waals surface area contributed by atoms with E-state index in [-0.39, 0.29) is 0 Å². The molecule has 0 amide bonds. The first-order valence-electron chi connectivity index (χ1n) is 5.51. The highest BCUT2D eigenvalue weighted by molar-refractivity contribution is 6.30. The van der Waals surface area contributed by atoms with Crippen molar-refractivity contribution in [3.05, 3.63) is 45.7 Å². The lowest BCUT2D eigenvalue weighted by molar-refractivity contribution is 0.851. The Hall–Kier alpha value is -1.48. The lowest BCUT2D eigenvalue weighted by atomic mass is 10.0. The van der Waals surface area contributed by atoms with E-state index in [1.54, 1.807) is 0 Å². The Morgan fingerprint density at radius 1 is 1.35 bits per heavy atom. The summed E-state index contributed by atoms with van der Waals surface area (Å²) in [5.74, 6) is 0.559. The van der Waals surface area contributed by atoms with Crippen molar-refractivity contribution < 1.29 is 0 Å². The predicted molar refractivity (Wildman–Crippen MR) is 71.4 cm³/mol. The van der Waals surface area contributed by atoms with Crippen molar-refractivity contribution in [2.24, 2.45) is 7.05 Å². The molecule has 0 aliphatic heterocycles. The van der Waals surface area contributed by atoms with Gasteiger partial charge in [0.15, 0.2) is 5.95 Å². The first-order valence-corrected chi connectivity index (χ1v) is 5.89. The molecule has 2 aromatic rings. The quantitative estimate of drug-likeness (QED) is 0.890. The maximum atomic E-state index is 5.95. The zero-order chi connectivity index (χ0) is 12.6. The second kappa shape index (κ2) is 4.41. The minimum Gasteiger partial charge on any atom is -0.369 e. The molecular weight excluding hydrogens is 234 g/mol. The van der Waals surface area contributed by atoms with Crippen molar-refractivity contribution in [2.45, 2.75) is 20.3 Å². The highest BCUT2D eigenvalue weighted by atomic mass is 35.5. The van der Waals surface area contributed by atoms with Crippen LogP contribution in [0.1, 0.15) is 22.5 Å². The number of halogens is 1. The number of imidazole rings is 1. The van der Waals surface area contributed by atoms with Crippen molar-refractivity contribution in [3.8, 4) is 0 Å². The summed E-state index contributed by atoms with van der Waals surface area (Å²) in [6.07, 6.45) is 0.829. The third-order valence-electron chi connectivity index (χ3n) is 3.11. The Morgan fingerprint density at radius 2 is 2.06 bits per heavy atom. The summed E-state index contributed by atoms with van der Waals surface area (Å²) >= 11 is 5.95. The molecule has 3 nitrogen and oxygen atoms in total. The highest BCUT2D eigenvalue weighted by Gasteiger charge is 2.10. The Labute approximate surface area is 106 Å². The monoisotopic (exact) mass is 249 g/mol. The number of nitrogens with two attached hydrogens (primary N) is 1. The molecule has 1 aromatic heterocycles. The van der Waals surface area contributed by atoms with Crippen molar-refractivity contribution in [1.29, 1.82) is 0 Å². The van der Waals surface area contributed by atoms with Gasteiger partial charge in [-0.2, -0.15) is 0 Å². The number of nitrogen functional groups attached to an aromatic ring is 1. The van der Waals surface area contributed by atoms with E-state index < -0.39 is 0 Å². The number of anilines is 1. The standard InChI is InChI=1S/C13H16ClN3/c1-8-6-11(14)5-4-10(8)7-12-9(2)16-13(15)17(12)3/h4-6H,7H2,1-3H3,(H2,15,16). The molecule has 2 N–H and O–H groups in total. The lowest BCUT2D eigenvalue weighted by Crippen LogP contribution is -2.03. The number of rotatable bonds is 2. The molecule has 17 heavy (non-hydrogen) atoms. The van der Waals surface area contributed by atoms with Crippen LogP contribution < -0.4 is 5.73 Å². The topological polar surface area (TPSA) is 43.8 Å². The lowest BCUT2D eigenvalue weighted by Gasteiger charge is -2.08. The van der Waals surface area contributed by atoms with Gasteiger partial charge in [-0.25, -0.2) is 4.98 Å². The molecule has 0 unspecified atom stereocenters. The van der Waals surface area contributed by atoms with Gasteiger partial charge in [-0.1, -0.05) is 17.7 Å². The average Bonchev–Trinajstić information content (AvgIpc) is 2.48. The second-order valence-corrected chi connectivity index (χ2v) is 4.75. The van der Waals surface area contributed by atoms with Crippen LogP contribution in [0.3, 0.4) is 0 Å². The number of aromatic nitrogens is 2. The molecule has 0 saturated carbocycles. The molecule has 0 aliphatic rings. The Morgan fingerprint density at radius 3 is 2.59 bits per heavy atom. The van der Waals surface area contributed by atoms with E-state index in [2.05, 4.69) is 18.0 Å². The van der Waals surface area contributed by atoms with E-state index in [0.717, 1.165) is 22.8 Å². The third kappa shape index (κ3) is 2.29. The van der Waals surface area contributed by atoms with Gasteiger partial charge in [0.25, 0.3) is 0 Å². The second-order valence-electron chi connectivity index (χ2n) is 4.31. The van der Waals surface area contributed by atoms with E-state index in [4.69, 9.17) is 17.3 Å². The summed E-state index contributed by atoms with van der Waals surface area (Å²) in [5.41, 5.74) is 10.4. The van der Waals surface area contributed by atoms with Gasteiger partial charge in [0.1, 0.15) is 0 Å². The van der Waals surface area contributed by atoms with Gasteiger partial charge in [-0.3, -0.25) is 0 Å². The number of aryl methyl sites for hydroxylation is 2. The molecule has 0 saturated heterocycles. The minimum absolute atomic E-state index is 0.559. The van der Waals surface area contributed by atoms with Crippen LogP contribution in [0.4, 0.5) is 5.95 Å². The molecule has 0 bridgehead atoms. The zero-order valence-electron chi connectivity index (χ0n) is 10.3. The molecule has 2 rings (SSSR count). The van der Waals surface area contributed by atoms with Gasteiger partial charge in [-0.05, 0) is 37.1 Å². The molecule has 1 aromatic carbocycles. The van der Waals surface area contributed by atoms with Crippen LogP contribution in [0.5, 0.6) is 0 Å². The molecule has 1 heterocycles. The fourth-order valence-electron chi connectivity index (χ4n) is 1.98. The van der Waals surface area contributed by atoms with Crippen LogP contribution >= 0.6 is 11.6 Å². The van der Waals surface area contributed by atoms with Crippen molar-refractivity contribution in [1.82, 2.24) is 9.55 Å².